The minimum Gasteiger partial charge on any atom is -0.487 e. The lowest BCUT2D eigenvalue weighted by Gasteiger charge is -2.49. The summed E-state index contributed by atoms with van der Waals surface area (Å²) in [6, 6.07) is 15.6. The molecule has 1 fully saturated rings. The molecule has 6 heteroatoms. The molecule has 5 rings (SSSR count). The highest BCUT2D eigenvalue weighted by atomic mass is 16.5. The Morgan fingerprint density at radius 2 is 1.17 bits per heavy atom. The van der Waals surface area contributed by atoms with E-state index >= 15 is 0 Å². The quantitative estimate of drug-likeness (QED) is 0.344. The highest BCUT2D eigenvalue weighted by Gasteiger charge is 2.61. The molecule has 6 nitrogen and oxygen atoms in total. The van der Waals surface area contributed by atoms with Gasteiger partial charge in [0, 0.05) is 58.8 Å². The number of hydrogen-bond acceptors (Lipinski definition) is 6. The standard InChI is InChI=1S/C35H42N2O4/c1-32(2)20-28(39)35(29(40)21-32,24-11-15-26(16-12-24)37(7)8)30-17-18-34(23-9-13-25(14-10-23)36(5)6)27(38)19-33(3,4)22-31(34)41-30/h9-18,22,30H,19-21H2,1-8H3/t30-,34-/m1/s1. The lowest BCUT2D eigenvalue weighted by molar-refractivity contribution is -0.148. The molecule has 0 spiro atoms. The third-order valence-corrected chi connectivity index (χ3v) is 9.00. The number of hydrogen-bond donors (Lipinski definition) is 0. The Kier molecular flexibility index (Phi) is 6.83. The molecule has 2 aromatic rings. The van der Waals surface area contributed by atoms with E-state index in [0.29, 0.717) is 17.7 Å². The average Bonchev–Trinajstić information content (AvgIpc) is 2.87. The van der Waals surface area contributed by atoms with Crippen LogP contribution in [0.25, 0.3) is 0 Å². The van der Waals surface area contributed by atoms with Gasteiger partial charge in [-0.05, 0) is 58.4 Å². The van der Waals surface area contributed by atoms with Crippen LogP contribution in [0.5, 0.6) is 0 Å². The SMILES string of the molecule is CN(C)c1ccc(C2([C@H]3C=C[C@@]4(c5ccc(N(C)C)cc5)C(=O)CC(C)(C)C=C4O3)C(=O)CC(C)(C)CC2=O)cc1. The topological polar surface area (TPSA) is 66.9 Å². The fraction of sp³-hybridized carbons (Fsp3) is 0.457. The fourth-order valence-electron chi connectivity index (χ4n) is 6.77. The van der Waals surface area contributed by atoms with Gasteiger partial charge in [0.05, 0.1) is 0 Å². The van der Waals surface area contributed by atoms with Gasteiger partial charge in [-0.25, -0.2) is 0 Å². The Morgan fingerprint density at radius 3 is 1.66 bits per heavy atom. The molecular formula is C35H42N2O4. The monoisotopic (exact) mass is 554 g/mol. The first-order valence-corrected chi connectivity index (χ1v) is 14.4. The van der Waals surface area contributed by atoms with Crippen molar-refractivity contribution in [3.63, 3.8) is 0 Å². The summed E-state index contributed by atoms with van der Waals surface area (Å²) in [5.41, 5.74) is -0.0142. The van der Waals surface area contributed by atoms with Gasteiger partial charge >= 0.3 is 0 Å². The van der Waals surface area contributed by atoms with Gasteiger partial charge in [-0.2, -0.15) is 0 Å². The van der Waals surface area contributed by atoms with Crippen LogP contribution >= 0.6 is 0 Å². The van der Waals surface area contributed by atoms with Gasteiger partial charge in [0.15, 0.2) is 22.8 Å². The van der Waals surface area contributed by atoms with E-state index in [0.717, 1.165) is 16.9 Å². The van der Waals surface area contributed by atoms with Crippen molar-refractivity contribution in [1.82, 2.24) is 0 Å². The van der Waals surface area contributed by atoms with Crippen LogP contribution in [0.2, 0.25) is 0 Å². The van der Waals surface area contributed by atoms with Crippen molar-refractivity contribution in [2.75, 3.05) is 38.0 Å². The maximum atomic E-state index is 14.2. The van der Waals surface area contributed by atoms with E-state index in [4.69, 9.17) is 4.74 Å². The highest BCUT2D eigenvalue weighted by Crippen LogP contribution is 2.52. The fourth-order valence-corrected chi connectivity index (χ4v) is 6.77. The normalized spacial score (nSPS) is 26.1. The zero-order chi connectivity index (χ0) is 30.0. The number of allylic oxidation sites excluding steroid dienone is 2. The Labute approximate surface area is 244 Å². The molecule has 0 saturated heterocycles. The van der Waals surface area contributed by atoms with Crippen molar-refractivity contribution in [1.29, 1.82) is 0 Å². The smallest absolute Gasteiger partial charge is 0.155 e. The predicted molar refractivity (Wildman–Crippen MR) is 163 cm³/mol. The molecule has 1 saturated carbocycles. The van der Waals surface area contributed by atoms with Crippen LogP contribution in [0.4, 0.5) is 11.4 Å². The van der Waals surface area contributed by atoms with Crippen LogP contribution < -0.4 is 9.80 Å². The summed E-state index contributed by atoms with van der Waals surface area (Å²) in [7, 11) is 7.86. The molecule has 3 aliphatic rings. The number of anilines is 2. The number of carbonyl (C=O) groups is 3. The number of ketones is 3. The van der Waals surface area contributed by atoms with E-state index in [1.165, 1.54) is 0 Å². The van der Waals surface area contributed by atoms with E-state index < -0.39 is 27.8 Å². The summed E-state index contributed by atoms with van der Waals surface area (Å²) in [5, 5.41) is 0. The third-order valence-electron chi connectivity index (χ3n) is 9.00. The summed E-state index contributed by atoms with van der Waals surface area (Å²) in [6.45, 7) is 7.96. The molecule has 41 heavy (non-hydrogen) atoms. The third kappa shape index (κ3) is 4.61. The van der Waals surface area contributed by atoms with Crippen LogP contribution in [0.15, 0.2) is 72.5 Å². The van der Waals surface area contributed by atoms with Crippen molar-refractivity contribution in [2.24, 2.45) is 10.8 Å². The zero-order valence-electron chi connectivity index (χ0n) is 25.6. The summed E-state index contributed by atoms with van der Waals surface area (Å²) in [5.74, 6) is 0.254. The van der Waals surface area contributed by atoms with Crippen molar-refractivity contribution < 1.29 is 19.1 Å². The van der Waals surface area contributed by atoms with Gasteiger partial charge in [0.25, 0.3) is 0 Å². The van der Waals surface area contributed by atoms with Gasteiger partial charge in [-0.3, -0.25) is 14.4 Å². The Balaban J connectivity index is 1.69. The number of benzene rings is 2. The maximum absolute atomic E-state index is 14.2. The van der Waals surface area contributed by atoms with Crippen molar-refractivity contribution >= 4 is 28.7 Å². The van der Waals surface area contributed by atoms with E-state index in [-0.39, 0.29) is 30.2 Å². The van der Waals surface area contributed by atoms with E-state index in [1.54, 1.807) is 6.08 Å². The Morgan fingerprint density at radius 1 is 0.683 bits per heavy atom. The van der Waals surface area contributed by atoms with Gasteiger partial charge in [-0.1, -0.05) is 58.0 Å². The average molecular weight is 555 g/mol. The van der Waals surface area contributed by atoms with E-state index in [2.05, 4.69) is 0 Å². The second-order valence-corrected chi connectivity index (χ2v) is 13.9. The molecule has 2 aromatic carbocycles. The number of carbonyl (C=O) groups excluding carboxylic acids is 3. The van der Waals surface area contributed by atoms with Gasteiger partial charge in [0.2, 0.25) is 0 Å². The summed E-state index contributed by atoms with van der Waals surface area (Å²) < 4.78 is 6.81. The van der Waals surface area contributed by atoms with Crippen LogP contribution in [0.3, 0.4) is 0 Å². The number of Topliss-reactive ketones (excluding diaryl/α,β-unsaturated/α-hetero) is 3. The minimum atomic E-state index is -1.50. The molecule has 0 bridgehead atoms. The second kappa shape index (κ2) is 9.71. The second-order valence-electron chi connectivity index (χ2n) is 13.9. The first-order valence-electron chi connectivity index (χ1n) is 14.4. The Hall–Kier alpha value is -3.67. The molecule has 0 amide bonds. The lowest BCUT2D eigenvalue weighted by Crippen LogP contribution is -2.60. The van der Waals surface area contributed by atoms with E-state index in [1.807, 2.05) is 126 Å². The maximum Gasteiger partial charge on any atom is 0.155 e. The van der Waals surface area contributed by atoms with Crippen molar-refractivity contribution in [3.05, 3.63) is 83.6 Å². The predicted octanol–water partition coefficient (Wildman–Crippen LogP) is 5.79. The van der Waals surface area contributed by atoms with E-state index in [9.17, 15) is 14.4 Å². The zero-order valence-corrected chi connectivity index (χ0v) is 25.6. The number of ether oxygens (including phenoxy) is 1. The number of rotatable bonds is 5. The van der Waals surface area contributed by atoms with Gasteiger partial charge < -0.3 is 14.5 Å². The molecular weight excluding hydrogens is 512 g/mol. The van der Waals surface area contributed by atoms with Crippen LogP contribution in [-0.2, 0) is 30.0 Å². The molecule has 1 heterocycles. The van der Waals surface area contributed by atoms with Crippen LogP contribution in [0, 0.1) is 10.8 Å². The van der Waals surface area contributed by atoms with Crippen LogP contribution in [-0.4, -0.2) is 51.6 Å². The largest absolute Gasteiger partial charge is 0.487 e. The molecule has 216 valence electrons. The van der Waals surface area contributed by atoms with Crippen molar-refractivity contribution in [2.45, 2.75) is 63.9 Å². The summed E-state index contributed by atoms with van der Waals surface area (Å²) in [4.78, 5) is 46.5. The Bertz CT molecular complexity index is 1420. The molecule has 2 atom stereocenters. The lowest BCUT2D eigenvalue weighted by atomic mass is 9.57. The molecule has 0 unspecified atom stereocenters. The first kappa shape index (κ1) is 28.8. The first-order chi connectivity index (χ1) is 19.1. The molecule has 0 N–H and O–H groups in total. The van der Waals surface area contributed by atoms with Crippen LogP contribution in [0.1, 0.15) is 58.1 Å². The van der Waals surface area contributed by atoms with Crippen molar-refractivity contribution in [3.8, 4) is 0 Å². The number of nitrogens with zero attached hydrogens (tertiary/aromatic N) is 2. The number of fused-ring (bicyclic) bond motifs is 1. The molecule has 0 radical (unpaired) electrons. The highest BCUT2D eigenvalue weighted by molar-refractivity contribution is 6.16. The minimum absolute atomic E-state index is 0.0409. The molecule has 1 aliphatic heterocycles. The summed E-state index contributed by atoms with van der Waals surface area (Å²) in [6.07, 6.45) is 5.74. The summed E-state index contributed by atoms with van der Waals surface area (Å²) >= 11 is 0. The molecule has 0 aromatic heterocycles. The van der Waals surface area contributed by atoms with Gasteiger partial charge in [-0.15, -0.1) is 0 Å². The van der Waals surface area contributed by atoms with Gasteiger partial charge in [0.1, 0.15) is 17.3 Å². The molecule has 2 aliphatic carbocycles.